The highest BCUT2D eigenvalue weighted by molar-refractivity contribution is 7.17. The summed E-state index contributed by atoms with van der Waals surface area (Å²) in [5.41, 5.74) is 8.44. The topological polar surface area (TPSA) is 79.5 Å². The fraction of sp³-hybridized carbons (Fsp3) is 0.353. The Kier molecular flexibility index (Phi) is 4.53. The van der Waals surface area contributed by atoms with E-state index in [4.69, 9.17) is 5.73 Å². The van der Waals surface area contributed by atoms with Crippen LogP contribution >= 0.6 is 11.3 Å². The second-order valence-corrected chi connectivity index (χ2v) is 6.82. The van der Waals surface area contributed by atoms with Gasteiger partial charge in [0.15, 0.2) is 5.13 Å². The SMILES string of the molecule is CCc1nc(N)sc1C(=O)N1CCN(c2ccc(C)cc2)C(=O)C1. The molecule has 3 rings (SSSR count). The molecular weight excluding hydrogens is 324 g/mol. The van der Waals surface area contributed by atoms with Crippen LogP contribution in [0.4, 0.5) is 10.8 Å². The fourth-order valence-corrected chi connectivity index (χ4v) is 3.65. The quantitative estimate of drug-likeness (QED) is 0.924. The van der Waals surface area contributed by atoms with Gasteiger partial charge < -0.3 is 15.5 Å². The molecule has 1 aliphatic rings. The second kappa shape index (κ2) is 6.60. The van der Waals surface area contributed by atoms with Crippen LogP contribution in [-0.4, -0.2) is 41.3 Å². The molecule has 2 aromatic rings. The zero-order chi connectivity index (χ0) is 17.3. The largest absolute Gasteiger partial charge is 0.375 e. The average molecular weight is 344 g/mol. The first-order valence-corrected chi connectivity index (χ1v) is 8.72. The van der Waals surface area contributed by atoms with Gasteiger partial charge in [0.05, 0.1) is 5.69 Å². The van der Waals surface area contributed by atoms with E-state index in [0.717, 1.165) is 11.3 Å². The highest BCUT2D eigenvalue weighted by Crippen LogP contribution is 2.24. The Balaban J connectivity index is 1.74. The Morgan fingerprint density at radius 3 is 2.62 bits per heavy atom. The van der Waals surface area contributed by atoms with Crippen molar-refractivity contribution in [3.8, 4) is 0 Å². The zero-order valence-corrected chi connectivity index (χ0v) is 14.6. The molecule has 2 amide bonds. The van der Waals surface area contributed by atoms with E-state index in [9.17, 15) is 9.59 Å². The molecule has 0 spiro atoms. The number of aryl methyl sites for hydroxylation is 2. The minimum Gasteiger partial charge on any atom is -0.375 e. The molecule has 2 heterocycles. The minimum absolute atomic E-state index is 0.0750. The number of nitrogens with two attached hydrogens (primary N) is 1. The highest BCUT2D eigenvalue weighted by atomic mass is 32.1. The number of thiazole rings is 1. The maximum atomic E-state index is 12.7. The number of carbonyl (C=O) groups is 2. The molecule has 0 atom stereocenters. The number of piperazine rings is 1. The number of rotatable bonds is 3. The van der Waals surface area contributed by atoms with Crippen LogP contribution in [0.15, 0.2) is 24.3 Å². The Labute approximate surface area is 144 Å². The molecule has 6 nitrogen and oxygen atoms in total. The van der Waals surface area contributed by atoms with Gasteiger partial charge in [0.25, 0.3) is 5.91 Å². The summed E-state index contributed by atoms with van der Waals surface area (Å²) in [5.74, 6) is -0.230. The monoisotopic (exact) mass is 344 g/mol. The van der Waals surface area contributed by atoms with Gasteiger partial charge in [0.1, 0.15) is 11.4 Å². The van der Waals surface area contributed by atoms with Crippen LogP contribution in [0.5, 0.6) is 0 Å². The van der Waals surface area contributed by atoms with Gasteiger partial charge in [-0.3, -0.25) is 9.59 Å². The lowest BCUT2D eigenvalue weighted by Gasteiger charge is -2.34. The van der Waals surface area contributed by atoms with Crippen molar-refractivity contribution < 1.29 is 9.59 Å². The molecular formula is C17H20N4O2S. The molecule has 1 saturated heterocycles. The first-order valence-electron chi connectivity index (χ1n) is 7.91. The molecule has 0 unspecified atom stereocenters. The number of nitrogens with zero attached hydrogens (tertiary/aromatic N) is 3. The Bertz CT molecular complexity index is 769. The van der Waals surface area contributed by atoms with E-state index in [1.54, 1.807) is 9.80 Å². The summed E-state index contributed by atoms with van der Waals surface area (Å²) < 4.78 is 0. The first-order chi connectivity index (χ1) is 11.5. The van der Waals surface area contributed by atoms with Crippen LogP contribution in [-0.2, 0) is 11.2 Å². The van der Waals surface area contributed by atoms with E-state index < -0.39 is 0 Å². The standard InChI is InChI=1S/C17H20N4O2S/c1-3-13-15(24-17(18)19-13)16(23)20-8-9-21(14(22)10-20)12-6-4-11(2)5-7-12/h4-7H,3,8-10H2,1-2H3,(H2,18,19). The van der Waals surface area contributed by atoms with Gasteiger partial charge in [-0.1, -0.05) is 36.0 Å². The summed E-state index contributed by atoms with van der Waals surface area (Å²) in [6.45, 7) is 5.01. The molecule has 0 saturated carbocycles. The molecule has 0 aliphatic carbocycles. The number of carbonyl (C=O) groups excluding carboxylic acids is 2. The molecule has 7 heteroatoms. The minimum atomic E-state index is -0.155. The van der Waals surface area contributed by atoms with E-state index in [1.807, 2.05) is 38.1 Å². The number of hydrogen-bond acceptors (Lipinski definition) is 5. The van der Waals surface area contributed by atoms with Gasteiger partial charge in [-0.25, -0.2) is 4.98 Å². The molecule has 2 N–H and O–H groups in total. The number of anilines is 2. The number of aromatic nitrogens is 1. The first kappa shape index (κ1) is 16.4. The highest BCUT2D eigenvalue weighted by Gasteiger charge is 2.30. The maximum Gasteiger partial charge on any atom is 0.266 e. The molecule has 24 heavy (non-hydrogen) atoms. The second-order valence-electron chi connectivity index (χ2n) is 5.79. The lowest BCUT2D eigenvalue weighted by Crippen LogP contribution is -2.52. The maximum absolute atomic E-state index is 12.7. The third-order valence-electron chi connectivity index (χ3n) is 4.10. The van der Waals surface area contributed by atoms with Crippen molar-refractivity contribution in [1.82, 2.24) is 9.88 Å². The summed E-state index contributed by atoms with van der Waals surface area (Å²) in [5, 5.41) is 0.389. The number of benzene rings is 1. The van der Waals surface area contributed by atoms with E-state index in [1.165, 1.54) is 11.3 Å². The lowest BCUT2D eigenvalue weighted by molar-refractivity contribution is -0.120. The predicted octanol–water partition coefficient (Wildman–Crippen LogP) is 2.09. The van der Waals surface area contributed by atoms with E-state index in [-0.39, 0.29) is 18.4 Å². The van der Waals surface area contributed by atoms with E-state index in [0.29, 0.717) is 35.2 Å². The molecule has 1 fully saturated rings. The predicted molar refractivity (Wildman–Crippen MR) is 95.3 cm³/mol. The van der Waals surface area contributed by atoms with Crippen molar-refractivity contribution in [3.05, 3.63) is 40.4 Å². The van der Waals surface area contributed by atoms with Gasteiger partial charge in [-0.15, -0.1) is 0 Å². The summed E-state index contributed by atoms with van der Waals surface area (Å²) in [7, 11) is 0. The van der Waals surface area contributed by atoms with Crippen LogP contribution < -0.4 is 10.6 Å². The summed E-state index contributed by atoms with van der Waals surface area (Å²) in [4.78, 5) is 33.2. The third kappa shape index (κ3) is 3.12. The molecule has 1 aliphatic heterocycles. The van der Waals surface area contributed by atoms with Crippen molar-refractivity contribution in [2.24, 2.45) is 0 Å². The van der Waals surface area contributed by atoms with Crippen LogP contribution in [0, 0.1) is 6.92 Å². The Morgan fingerprint density at radius 2 is 2.00 bits per heavy atom. The van der Waals surface area contributed by atoms with Crippen molar-refractivity contribution in [3.63, 3.8) is 0 Å². The number of nitrogen functional groups attached to an aromatic ring is 1. The van der Waals surface area contributed by atoms with Crippen molar-refractivity contribution in [2.45, 2.75) is 20.3 Å². The smallest absolute Gasteiger partial charge is 0.266 e. The fourth-order valence-electron chi connectivity index (χ4n) is 2.76. The Morgan fingerprint density at radius 1 is 1.29 bits per heavy atom. The lowest BCUT2D eigenvalue weighted by atomic mass is 10.2. The molecule has 0 bridgehead atoms. The molecule has 1 aromatic carbocycles. The normalized spacial score (nSPS) is 15.0. The Hall–Kier alpha value is -2.41. The molecule has 1 aromatic heterocycles. The molecule has 126 valence electrons. The van der Waals surface area contributed by atoms with Gasteiger partial charge >= 0.3 is 0 Å². The number of hydrogen-bond donors (Lipinski definition) is 1. The van der Waals surface area contributed by atoms with Crippen LogP contribution in [0.25, 0.3) is 0 Å². The van der Waals surface area contributed by atoms with Gasteiger partial charge in [0, 0.05) is 18.8 Å². The summed E-state index contributed by atoms with van der Waals surface area (Å²) >= 11 is 1.19. The van der Waals surface area contributed by atoms with Crippen LogP contribution in [0.3, 0.4) is 0 Å². The average Bonchev–Trinajstić information content (AvgIpc) is 2.96. The number of amides is 2. The third-order valence-corrected chi connectivity index (χ3v) is 5.01. The van der Waals surface area contributed by atoms with Crippen molar-refractivity contribution in [2.75, 3.05) is 30.3 Å². The van der Waals surface area contributed by atoms with Crippen LogP contribution in [0.1, 0.15) is 27.9 Å². The molecule has 0 radical (unpaired) electrons. The zero-order valence-electron chi connectivity index (χ0n) is 13.8. The van der Waals surface area contributed by atoms with Crippen LogP contribution in [0.2, 0.25) is 0 Å². The summed E-state index contributed by atoms with van der Waals surface area (Å²) in [6.07, 6.45) is 0.645. The van der Waals surface area contributed by atoms with E-state index in [2.05, 4.69) is 4.98 Å². The summed E-state index contributed by atoms with van der Waals surface area (Å²) in [6, 6.07) is 7.83. The van der Waals surface area contributed by atoms with E-state index >= 15 is 0 Å². The van der Waals surface area contributed by atoms with Crippen molar-refractivity contribution in [1.29, 1.82) is 0 Å². The van der Waals surface area contributed by atoms with Gasteiger partial charge in [-0.05, 0) is 25.5 Å². The van der Waals surface area contributed by atoms with Gasteiger partial charge in [-0.2, -0.15) is 0 Å². The van der Waals surface area contributed by atoms with Crippen molar-refractivity contribution >= 4 is 34.0 Å². The van der Waals surface area contributed by atoms with Gasteiger partial charge in [0.2, 0.25) is 5.91 Å².